The normalized spacial score (nSPS) is 16.5. The van der Waals surface area contributed by atoms with Gasteiger partial charge in [-0.15, -0.1) is 0 Å². The van der Waals surface area contributed by atoms with Crippen LogP contribution in [0.2, 0.25) is 0 Å². The Bertz CT molecular complexity index is 1380. The fourth-order valence-corrected chi connectivity index (χ4v) is 8.95. The first-order chi connectivity index (χ1) is 28.9. The van der Waals surface area contributed by atoms with Crippen molar-refractivity contribution in [1.29, 1.82) is 0 Å². The standard InChI is InChI=1S/C49H87O10P/c1-7-9-11-13-15-17-19-21-23-25-27-29-31-33-45(51)55-37-43(57-46(52)34-32-30-28-26-24-22-20-18-16-14-12-10-8-2)38-56-60(53,54)59-47-40(3)41(4)48-44(42(47)5)35-36-49(6,39-50)58-48/h43,50H,7-39H2,1-6H3,(H,53,54)/t43-,49?/m1/s1. The summed E-state index contributed by atoms with van der Waals surface area (Å²) in [7, 11) is -4.71. The molecule has 0 saturated carbocycles. The highest BCUT2D eigenvalue weighted by molar-refractivity contribution is 7.47. The zero-order valence-electron chi connectivity index (χ0n) is 39.0. The quantitative estimate of drug-likeness (QED) is 0.0378. The van der Waals surface area contributed by atoms with Crippen LogP contribution < -0.4 is 9.26 Å². The van der Waals surface area contributed by atoms with E-state index in [1.807, 2.05) is 20.8 Å². The topological polar surface area (TPSA) is 138 Å². The molecule has 0 spiro atoms. The summed E-state index contributed by atoms with van der Waals surface area (Å²) in [6, 6.07) is 0. The summed E-state index contributed by atoms with van der Waals surface area (Å²) in [5.41, 5.74) is 2.18. The molecule has 348 valence electrons. The van der Waals surface area contributed by atoms with E-state index in [9.17, 15) is 24.2 Å². The van der Waals surface area contributed by atoms with Gasteiger partial charge in [-0.05, 0) is 70.1 Å². The summed E-state index contributed by atoms with van der Waals surface area (Å²) in [6.45, 7) is 10.9. The second-order valence-electron chi connectivity index (χ2n) is 17.9. The van der Waals surface area contributed by atoms with Crippen molar-refractivity contribution in [2.24, 2.45) is 0 Å². The minimum absolute atomic E-state index is 0.123. The van der Waals surface area contributed by atoms with E-state index in [2.05, 4.69) is 13.8 Å². The van der Waals surface area contributed by atoms with E-state index in [4.69, 9.17) is 23.3 Å². The molecule has 60 heavy (non-hydrogen) atoms. The maximum Gasteiger partial charge on any atom is 0.527 e. The molecule has 1 aliphatic heterocycles. The molecule has 1 heterocycles. The highest BCUT2D eigenvalue weighted by atomic mass is 31.2. The number of carbonyl (C=O) groups is 2. The van der Waals surface area contributed by atoms with Crippen LogP contribution in [0.15, 0.2) is 0 Å². The van der Waals surface area contributed by atoms with Gasteiger partial charge in [0.1, 0.15) is 30.3 Å². The summed E-state index contributed by atoms with van der Waals surface area (Å²) in [4.78, 5) is 36.6. The predicted octanol–water partition coefficient (Wildman–Crippen LogP) is 13.6. The molecule has 11 heteroatoms. The van der Waals surface area contributed by atoms with Crippen LogP contribution in [0.3, 0.4) is 0 Å². The molecule has 0 radical (unpaired) electrons. The number of hydrogen-bond donors (Lipinski definition) is 2. The number of fused-ring (bicyclic) bond motifs is 1. The molecule has 0 aromatic heterocycles. The molecule has 1 aromatic carbocycles. The zero-order valence-corrected chi connectivity index (χ0v) is 39.9. The molecule has 2 N–H and O–H groups in total. The van der Waals surface area contributed by atoms with Gasteiger partial charge in [-0.25, -0.2) is 4.57 Å². The summed E-state index contributed by atoms with van der Waals surface area (Å²) in [6.07, 6.45) is 31.9. The van der Waals surface area contributed by atoms with E-state index >= 15 is 0 Å². The summed E-state index contributed by atoms with van der Waals surface area (Å²) < 4.78 is 41.9. The second kappa shape index (κ2) is 31.7. The zero-order chi connectivity index (χ0) is 44.1. The van der Waals surface area contributed by atoms with E-state index in [0.717, 1.165) is 49.7 Å². The minimum Gasteiger partial charge on any atom is -0.485 e. The summed E-state index contributed by atoms with van der Waals surface area (Å²) in [5.74, 6) is 0.0348. The molecule has 0 saturated heterocycles. The molecule has 2 rings (SSSR count). The van der Waals surface area contributed by atoms with E-state index in [1.54, 1.807) is 6.92 Å². The number of aliphatic hydroxyl groups excluding tert-OH is 1. The number of carbonyl (C=O) groups excluding carboxylic acids is 2. The summed E-state index contributed by atoms with van der Waals surface area (Å²) in [5, 5.41) is 9.89. The van der Waals surface area contributed by atoms with E-state index < -0.39 is 38.1 Å². The maximum absolute atomic E-state index is 13.4. The minimum atomic E-state index is -4.71. The average molecular weight is 867 g/mol. The first-order valence-electron chi connectivity index (χ1n) is 24.3. The van der Waals surface area contributed by atoms with Crippen LogP contribution >= 0.6 is 7.82 Å². The Kier molecular flexibility index (Phi) is 28.5. The van der Waals surface area contributed by atoms with Crippen molar-refractivity contribution in [3.05, 3.63) is 22.3 Å². The Labute approximate surface area is 365 Å². The molecule has 2 unspecified atom stereocenters. The largest absolute Gasteiger partial charge is 0.527 e. The average Bonchev–Trinajstić information content (AvgIpc) is 3.23. The van der Waals surface area contributed by atoms with Crippen LogP contribution in [-0.4, -0.2) is 53.5 Å². The fraction of sp³-hybridized carbons (Fsp3) is 0.837. The van der Waals surface area contributed by atoms with Crippen molar-refractivity contribution < 1.29 is 47.4 Å². The number of esters is 2. The molecule has 1 aromatic rings. The molecular formula is C49H87O10P. The lowest BCUT2D eigenvalue weighted by Gasteiger charge is -2.37. The monoisotopic (exact) mass is 867 g/mol. The molecule has 10 nitrogen and oxygen atoms in total. The second-order valence-corrected chi connectivity index (χ2v) is 19.2. The van der Waals surface area contributed by atoms with Crippen molar-refractivity contribution in [1.82, 2.24) is 0 Å². The Morgan fingerprint density at radius 1 is 0.650 bits per heavy atom. The Balaban J connectivity index is 1.85. The number of rotatable bonds is 37. The fourth-order valence-electron chi connectivity index (χ4n) is 8.04. The third-order valence-corrected chi connectivity index (χ3v) is 13.1. The lowest BCUT2D eigenvalue weighted by molar-refractivity contribution is -0.161. The number of hydrogen-bond acceptors (Lipinski definition) is 9. The third kappa shape index (κ3) is 22.8. The van der Waals surface area contributed by atoms with Crippen molar-refractivity contribution in [2.75, 3.05) is 19.8 Å². The highest BCUT2D eigenvalue weighted by Gasteiger charge is 2.36. The van der Waals surface area contributed by atoms with Gasteiger partial charge in [-0.2, -0.15) is 0 Å². The lowest BCUT2D eigenvalue weighted by atomic mass is 9.87. The van der Waals surface area contributed by atoms with Crippen LogP contribution in [0, 0.1) is 20.8 Å². The van der Waals surface area contributed by atoms with E-state index in [1.165, 1.54) is 122 Å². The number of aliphatic hydroxyl groups is 1. The van der Waals surface area contributed by atoms with Gasteiger partial charge in [0, 0.05) is 18.4 Å². The van der Waals surface area contributed by atoms with Gasteiger partial charge in [-0.1, -0.05) is 168 Å². The molecule has 0 amide bonds. The van der Waals surface area contributed by atoms with Crippen LogP contribution in [0.25, 0.3) is 0 Å². The van der Waals surface area contributed by atoms with Gasteiger partial charge in [0.25, 0.3) is 0 Å². The van der Waals surface area contributed by atoms with Crippen molar-refractivity contribution >= 4 is 19.8 Å². The number of phosphoric ester groups is 1. The number of benzene rings is 1. The van der Waals surface area contributed by atoms with E-state index in [0.29, 0.717) is 36.1 Å². The molecule has 3 atom stereocenters. The summed E-state index contributed by atoms with van der Waals surface area (Å²) >= 11 is 0. The Morgan fingerprint density at radius 2 is 1.08 bits per heavy atom. The number of phosphoric acid groups is 1. The predicted molar refractivity (Wildman–Crippen MR) is 243 cm³/mol. The van der Waals surface area contributed by atoms with Gasteiger partial charge < -0.3 is 23.8 Å². The van der Waals surface area contributed by atoms with Crippen molar-refractivity contribution in [3.8, 4) is 11.5 Å². The Morgan fingerprint density at radius 3 is 1.53 bits per heavy atom. The lowest BCUT2D eigenvalue weighted by Crippen LogP contribution is -2.40. The smallest absolute Gasteiger partial charge is 0.485 e. The van der Waals surface area contributed by atoms with Gasteiger partial charge in [-0.3, -0.25) is 19.0 Å². The highest BCUT2D eigenvalue weighted by Crippen LogP contribution is 2.50. The van der Waals surface area contributed by atoms with Crippen LogP contribution in [0.1, 0.15) is 229 Å². The van der Waals surface area contributed by atoms with Gasteiger partial charge in [0.15, 0.2) is 6.10 Å². The van der Waals surface area contributed by atoms with Gasteiger partial charge in [0.2, 0.25) is 0 Å². The SMILES string of the molecule is CCCCCCCCCCCCCCCC(=O)OC[C@H](COP(=O)(O)Oc1c(C)c(C)c2c(c1C)CCC(C)(CO)O2)OC(=O)CCCCCCCCCCCCCCC. The number of ether oxygens (including phenoxy) is 3. The Hall–Kier alpha value is -2.13. The van der Waals surface area contributed by atoms with Crippen LogP contribution in [0.5, 0.6) is 11.5 Å². The molecule has 0 aliphatic carbocycles. The molecular weight excluding hydrogens is 780 g/mol. The van der Waals surface area contributed by atoms with Gasteiger partial charge in [0.05, 0.1) is 6.61 Å². The first kappa shape index (κ1) is 54.0. The van der Waals surface area contributed by atoms with Crippen molar-refractivity contribution in [3.63, 3.8) is 0 Å². The third-order valence-electron chi connectivity index (χ3n) is 12.2. The molecule has 0 fully saturated rings. The molecule has 1 aliphatic rings. The van der Waals surface area contributed by atoms with Crippen LogP contribution in [-0.2, 0) is 34.6 Å². The van der Waals surface area contributed by atoms with Crippen LogP contribution in [0.4, 0.5) is 0 Å². The molecule has 0 bridgehead atoms. The first-order valence-corrected chi connectivity index (χ1v) is 25.8. The number of unbranched alkanes of at least 4 members (excludes halogenated alkanes) is 24. The maximum atomic E-state index is 13.4. The van der Waals surface area contributed by atoms with E-state index in [-0.39, 0.29) is 31.8 Å². The van der Waals surface area contributed by atoms with Crippen molar-refractivity contribution in [2.45, 2.75) is 246 Å². The van der Waals surface area contributed by atoms with Gasteiger partial charge >= 0.3 is 19.8 Å².